The first kappa shape index (κ1) is 50.5. The highest BCUT2D eigenvalue weighted by Gasteiger charge is 2.28. The number of aromatic nitrogens is 4. The van der Waals surface area contributed by atoms with Crippen molar-refractivity contribution in [2.24, 2.45) is 0 Å². The number of nitrogens with zero attached hydrogens (tertiary/aromatic N) is 4. The third kappa shape index (κ3) is 14.3. The van der Waals surface area contributed by atoms with E-state index in [0.29, 0.717) is 13.1 Å². The van der Waals surface area contributed by atoms with Crippen molar-refractivity contribution in [1.29, 1.82) is 0 Å². The lowest BCUT2D eigenvalue weighted by atomic mass is 10.0. The molecule has 2 aliphatic rings. The van der Waals surface area contributed by atoms with Crippen LogP contribution in [0.4, 0.5) is 15.3 Å². The minimum atomic E-state index is -0.861. The molecular weight excluding hydrogens is 899 g/mol. The number of aliphatic hydroxyl groups excluding tert-OH is 1. The van der Waals surface area contributed by atoms with E-state index in [9.17, 15) is 19.7 Å². The van der Waals surface area contributed by atoms with Crippen molar-refractivity contribution in [2.75, 3.05) is 13.1 Å². The van der Waals surface area contributed by atoms with Crippen LogP contribution in [0.15, 0.2) is 176 Å². The van der Waals surface area contributed by atoms with Crippen LogP contribution in [-0.2, 0) is 35.4 Å². The maximum Gasteiger partial charge on any atom is 0.514 e. The van der Waals surface area contributed by atoms with Crippen LogP contribution in [0, 0.1) is 10.1 Å². The van der Waals surface area contributed by atoms with E-state index in [0.717, 1.165) is 70.8 Å². The summed E-state index contributed by atoms with van der Waals surface area (Å²) in [5, 5.41) is 38.0. The molecule has 4 heterocycles. The highest BCUT2D eigenvalue weighted by atomic mass is 16.7. The highest BCUT2D eigenvalue weighted by molar-refractivity contribution is 5.71. The minimum absolute atomic E-state index is 0.0756. The lowest BCUT2D eigenvalue weighted by Gasteiger charge is -2.28. The Bertz CT molecular complexity index is 2900. The number of ether oxygens (including phenoxy) is 3. The van der Waals surface area contributed by atoms with Crippen molar-refractivity contribution >= 4 is 17.9 Å². The molecule has 6 aromatic carbocycles. The van der Waals surface area contributed by atoms with Crippen molar-refractivity contribution < 1.29 is 33.8 Å². The number of H-pyrrole nitrogens is 2. The number of fused-ring (bicyclic) bond motifs is 2. The molecule has 15 heteroatoms. The number of amides is 1. The van der Waals surface area contributed by atoms with Crippen LogP contribution in [0.1, 0.15) is 78.3 Å². The van der Waals surface area contributed by atoms with Gasteiger partial charge in [-0.25, -0.2) is 9.59 Å². The van der Waals surface area contributed by atoms with Gasteiger partial charge in [0.2, 0.25) is 0 Å². The van der Waals surface area contributed by atoms with Gasteiger partial charge < -0.3 is 29.5 Å². The average Bonchev–Trinajstić information content (AvgIpc) is 4.05. The predicted molar refractivity (Wildman–Crippen MR) is 271 cm³/mol. The van der Waals surface area contributed by atoms with Crippen LogP contribution in [0.2, 0.25) is 0 Å². The number of carbonyl (C=O) groups excluding carboxylic acids is 2. The number of aliphatic hydroxyl groups is 1. The number of benzene rings is 6. The fourth-order valence-corrected chi connectivity index (χ4v) is 7.79. The minimum Gasteiger partial charge on any atom is -0.442 e. The van der Waals surface area contributed by atoms with E-state index >= 15 is 0 Å². The zero-order valence-corrected chi connectivity index (χ0v) is 39.8. The number of nitro benzene ring substituents is 1. The van der Waals surface area contributed by atoms with E-state index in [4.69, 9.17) is 19.3 Å². The van der Waals surface area contributed by atoms with Crippen LogP contribution < -0.4 is 10.1 Å². The molecular formula is C56H57N7O8. The maximum atomic E-state index is 12.6. The van der Waals surface area contributed by atoms with Gasteiger partial charge in [0, 0.05) is 78.3 Å². The Kier molecular flexibility index (Phi) is 18.0. The normalized spacial score (nSPS) is 13.5. The smallest absolute Gasteiger partial charge is 0.442 e. The molecule has 2 aromatic heterocycles. The van der Waals surface area contributed by atoms with Crippen molar-refractivity contribution in [2.45, 2.75) is 65.0 Å². The molecule has 0 aliphatic carbocycles. The Balaban J connectivity index is 0.000000148. The Morgan fingerprint density at radius 3 is 1.58 bits per heavy atom. The van der Waals surface area contributed by atoms with Gasteiger partial charge in [0.1, 0.15) is 18.0 Å². The topological polar surface area (TPSA) is 198 Å². The second-order valence-corrected chi connectivity index (χ2v) is 16.7. The maximum absolute atomic E-state index is 12.6. The van der Waals surface area contributed by atoms with Gasteiger partial charge in [-0.15, -0.1) is 0 Å². The average molecular weight is 956 g/mol. The van der Waals surface area contributed by atoms with E-state index in [1.54, 1.807) is 18.7 Å². The Morgan fingerprint density at radius 2 is 1.08 bits per heavy atom. The van der Waals surface area contributed by atoms with Gasteiger partial charge in [0.15, 0.2) is 0 Å². The number of nitrogens with one attached hydrogen (secondary N) is 3. The summed E-state index contributed by atoms with van der Waals surface area (Å²) < 4.78 is 15.7. The quantitative estimate of drug-likeness (QED) is 0.0465. The van der Waals surface area contributed by atoms with E-state index in [-0.39, 0.29) is 29.7 Å². The summed E-state index contributed by atoms with van der Waals surface area (Å²) in [5.41, 5.74) is 11.8. The van der Waals surface area contributed by atoms with Gasteiger partial charge in [-0.05, 0) is 49.6 Å². The molecule has 0 bridgehead atoms. The summed E-state index contributed by atoms with van der Waals surface area (Å²) in [6, 6.07) is 54.2. The van der Waals surface area contributed by atoms with Crippen molar-refractivity contribution in [3.63, 3.8) is 0 Å². The summed E-state index contributed by atoms with van der Waals surface area (Å²) in [5.74, 6) is 0.186. The van der Waals surface area contributed by atoms with Gasteiger partial charge in [-0.1, -0.05) is 152 Å². The first-order chi connectivity index (χ1) is 34.5. The van der Waals surface area contributed by atoms with Crippen LogP contribution in [0.3, 0.4) is 0 Å². The summed E-state index contributed by atoms with van der Waals surface area (Å²) in [7, 11) is 0. The zero-order chi connectivity index (χ0) is 50.0. The second kappa shape index (κ2) is 25.3. The monoisotopic (exact) mass is 955 g/mol. The van der Waals surface area contributed by atoms with Crippen LogP contribution in [-0.4, -0.2) is 60.7 Å². The van der Waals surface area contributed by atoms with E-state index < -0.39 is 17.2 Å². The second-order valence-electron chi connectivity index (χ2n) is 16.7. The Morgan fingerprint density at radius 1 is 0.620 bits per heavy atom. The van der Waals surface area contributed by atoms with Crippen molar-refractivity contribution in [3.05, 3.63) is 225 Å². The fourth-order valence-electron chi connectivity index (χ4n) is 7.79. The van der Waals surface area contributed by atoms with Gasteiger partial charge in [-0.2, -0.15) is 10.2 Å². The highest BCUT2D eigenvalue weighted by Crippen LogP contribution is 2.30. The molecule has 3 unspecified atom stereocenters. The number of hydrogen-bond donors (Lipinski definition) is 4. The van der Waals surface area contributed by atoms with E-state index in [1.807, 2.05) is 146 Å². The fraction of sp³-hybridized carbons (Fsp3) is 0.214. The Labute approximate surface area is 412 Å². The van der Waals surface area contributed by atoms with E-state index in [1.165, 1.54) is 41.1 Å². The third-order valence-corrected chi connectivity index (χ3v) is 11.7. The molecule has 2 aliphatic heterocycles. The number of aromatic amines is 2. The zero-order valence-electron chi connectivity index (χ0n) is 39.8. The van der Waals surface area contributed by atoms with Crippen molar-refractivity contribution in [1.82, 2.24) is 30.6 Å². The molecule has 0 saturated heterocycles. The van der Waals surface area contributed by atoms with Gasteiger partial charge in [-0.3, -0.25) is 20.3 Å². The molecule has 0 saturated carbocycles. The third-order valence-electron chi connectivity index (χ3n) is 11.7. The SMILES string of the molecule is CC(O)c1ccccc1.CC(OC(=O)N1CCc2[nH]nc(-c3ccccc3)c2C1)c1ccccc1.CC(OC(=O)Oc1ccc([N+](=O)[O-])cc1)c1ccccc1.c1ccc(-c2n[nH]c3c2CNCC3)cc1. The lowest BCUT2D eigenvalue weighted by molar-refractivity contribution is -0.384. The number of non-ortho nitro benzene ring substituents is 1. The van der Waals surface area contributed by atoms with Crippen LogP contribution >= 0.6 is 0 Å². The molecule has 10 rings (SSSR count). The first-order valence-electron chi connectivity index (χ1n) is 23.4. The number of nitro groups is 1. The van der Waals surface area contributed by atoms with Gasteiger partial charge in [0.25, 0.3) is 5.69 Å². The largest absolute Gasteiger partial charge is 0.514 e. The molecule has 1 amide bonds. The predicted octanol–water partition coefficient (Wildman–Crippen LogP) is 11.7. The van der Waals surface area contributed by atoms with Crippen LogP contribution in [0.5, 0.6) is 5.75 Å². The number of rotatable bonds is 9. The van der Waals surface area contributed by atoms with Gasteiger partial charge in [0.05, 0.1) is 29.0 Å². The molecule has 3 atom stereocenters. The standard InChI is InChI=1S/C21H21N3O2.C15H13NO5.C12H13N3.C8H10O/c1-15(16-8-4-2-5-9-16)26-21(25)24-13-12-19-18(14-24)20(23-22-19)17-10-6-3-7-11-17;1-11(12-5-3-2-4-6-12)20-15(17)21-14-9-7-13(8-10-14)16(18)19;1-2-4-9(5-3-1)12-10-8-13-7-6-11(10)14-15-12;1-7(9)8-5-3-2-4-6-8/h2-11,15H,12-14H2,1H3,(H,22,23);2-11H,1H3;1-5,13H,6-8H2,(H,14,15);2-7,9H,1H3. The summed E-state index contributed by atoms with van der Waals surface area (Å²) in [6.45, 7) is 8.50. The van der Waals surface area contributed by atoms with Gasteiger partial charge >= 0.3 is 12.2 Å². The van der Waals surface area contributed by atoms with E-state index in [2.05, 4.69) is 37.8 Å². The molecule has 0 spiro atoms. The van der Waals surface area contributed by atoms with Crippen LogP contribution in [0.25, 0.3) is 22.5 Å². The molecule has 15 nitrogen and oxygen atoms in total. The Hall–Kier alpha value is -8.40. The van der Waals surface area contributed by atoms with Crippen molar-refractivity contribution in [3.8, 4) is 28.3 Å². The summed E-state index contributed by atoms with van der Waals surface area (Å²) in [6.07, 6.45) is -0.405. The molecule has 0 radical (unpaired) electrons. The summed E-state index contributed by atoms with van der Waals surface area (Å²) >= 11 is 0. The lowest BCUT2D eigenvalue weighted by Crippen LogP contribution is -2.36. The molecule has 71 heavy (non-hydrogen) atoms. The molecule has 8 aromatic rings. The first-order valence-corrected chi connectivity index (χ1v) is 23.4. The molecule has 0 fully saturated rings. The number of hydrogen-bond acceptors (Lipinski definition) is 11. The molecule has 4 N–H and O–H groups in total. The number of carbonyl (C=O) groups is 2. The molecule has 364 valence electrons. The summed E-state index contributed by atoms with van der Waals surface area (Å²) in [4.78, 5) is 36.0.